The lowest BCUT2D eigenvalue weighted by molar-refractivity contribution is -0.156. The highest BCUT2D eigenvalue weighted by molar-refractivity contribution is 7.90. The van der Waals surface area contributed by atoms with E-state index in [-0.39, 0.29) is 12.4 Å². The quantitative estimate of drug-likeness (QED) is 0.815. The standard InChI is InChI=1S/C20H23NO4S/c1-14(2)26(23,24)21-18-12-13-19(22)25-20(18)17-10-8-16(9-11-17)15-6-4-3-5-7-15/h3-11,14,18,20-21H,12-13H2,1-2H3. The molecule has 1 aliphatic rings. The zero-order chi connectivity index (χ0) is 18.7. The Kier molecular flexibility index (Phi) is 5.44. The third-order valence-corrected chi connectivity index (χ3v) is 6.44. The maximum atomic E-state index is 12.2. The Morgan fingerprint density at radius 2 is 1.62 bits per heavy atom. The van der Waals surface area contributed by atoms with Crippen LogP contribution < -0.4 is 4.72 Å². The Morgan fingerprint density at radius 3 is 2.23 bits per heavy atom. The Morgan fingerprint density at radius 1 is 1.00 bits per heavy atom. The molecule has 1 fully saturated rings. The number of ether oxygens (including phenoxy) is 1. The number of sulfonamides is 1. The molecular formula is C20H23NO4S. The molecule has 0 saturated carbocycles. The average Bonchev–Trinajstić information content (AvgIpc) is 2.64. The number of benzene rings is 2. The van der Waals surface area contributed by atoms with Gasteiger partial charge in [0, 0.05) is 6.42 Å². The van der Waals surface area contributed by atoms with Crippen molar-refractivity contribution < 1.29 is 17.9 Å². The molecule has 1 aliphatic heterocycles. The zero-order valence-corrected chi connectivity index (χ0v) is 15.7. The van der Waals surface area contributed by atoms with Gasteiger partial charge in [-0.1, -0.05) is 54.6 Å². The molecular weight excluding hydrogens is 350 g/mol. The van der Waals surface area contributed by atoms with Crippen molar-refractivity contribution in [3.63, 3.8) is 0 Å². The predicted molar refractivity (Wildman–Crippen MR) is 101 cm³/mol. The van der Waals surface area contributed by atoms with Crippen molar-refractivity contribution >= 4 is 16.0 Å². The zero-order valence-electron chi connectivity index (χ0n) is 14.9. The van der Waals surface area contributed by atoms with Crippen LogP contribution in [0.25, 0.3) is 11.1 Å². The van der Waals surface area contributed by atoms with Gasteiger partial charge >= 0.3 is 5.97 Å². The van der Waals surface area contributed by atoms with E-state index in [4.69, 9.17) is 4.74 Å². The van der Waals surface area contributed by atoms with E-state index in [2.05, 4.69) is 4.72 Å². The molecule has 138 valence electrons. The Hall–Kier alpha value is -2.18. The molecule has 0 amide bonds. The molecule has 1 heterocycles. The molecule has 0 spiro atoms. The third-order valence-electron chi connectivity index (χ3n) is 4.57. The fourth-order valence-corrected chi connectivity index (χ4v) is 3.91. The molecule has 0 bridgehead atoms. The maximum absolute atomic E-state index is 12.2. The number of carbonyl (C=O) groups is 1. The van der Waals surface area contributed by atoms with E-state index >= 15 is 0 Å². The van der Waals surface area contributed by atoms with E-state index in [0.717, 1.165) is 16.7 Å². The van der Waals surface area contributed by atoms with Gasteiger partial charge in [-0.05, 0) is 37.0 Å². The topological polar surface area (TPSA) is 72.5 Å². The molecule has 0 aromatic heterocycles. The molecule has 2 atom stereocenters. The minimum Gasteiger partial charge on any atom is -0.456 e. The lowest BCUT2D eigenvalue weighted by Crippen LogP contribution is -2.46. The highest BCUT2D eigenvalue weighted by atomic mass is 32.2. The van der Waals surface area contributed by atoms with Crippen molar-refractivity contribution in [2.75, 3.05) is 0 Å². The minimum absolute atomic E-state index is 0.212. The van der Waals surface area contributed by atoms with E-state index in [9.17, 15) is 13.2 Å². The molecule has 1 N–H and O–H groups in total. The SMILES string of the molecule is CC(C)S(=O)(=O)NC1CCC(=O)OC1c1ccc(-c2ccccc2)cc1. The van der Waals surface area contributed by atoms with Gasteiger partial charge in [-0.25, -0.2) is 13.1 Å². The van der Waals surface area contributed by atoms with Crippen molar-refractivity contribution in [2.45, 2.75) is 44.1 Å². The molecule has 1 saturated heterocycles. The summed E-state index contributed by atoms with van der Waals surface area (Å²) >= 11 is 0. The summed E-state index contributed by atoms with van der Waals surface area (Å²) in [4.78, 5) is 11.8. The summed E-state index contributed by atoms with van der Waals surface area (Å²) in [5, 5.41) is -0.541. The van der Waals surface area contributed by atoms with Gasteiger partial charge in [0.1, 0.15) is 6.10 Å². The minimum atomic E-state index is -3.45. The first-order valence-electron chi connectivity index (χ1n) is 8.73. The summed E-state index contributed by atoms with van der Waals surface area (Å²) in [6.07, 6.45) is 0.0225. The molecule has 5 nitrogen and oxygen atoms in total. The Bertz CT molecular complexity index is 860. The van der Waals surface area contributed by atoms with Crippen LogP contribution in [-0.4, -0.2) is 25.7 Å². The van der Waals surface area contributed by atoms with Gasteiger partial charge in [0.25, 0.3) is 0 Å². The molecule has 0 aliphatic carbocycles. The molecule has 26 heavy (non-hydrogen) atoms. The van der Waals surface area contributed by atoms with Crippen molar-refractivity contribution in [1.82, 2.24) is 4.72 Å². The van der Waals surface area contributed by atoms with Crippen molar-refractivity contribution in [1.29, 1.82) is 0 Å². The van der Waals surface area contributed by atoms with E-state index in [1.54, 1.807) is 13.8 Å². The highest BCUT2D eigenvalue weighted by Gasteiger charge is 2.35. The lowest BCUT2D eigenvalue weighted by atomic mass is 9.95. The van der Waals surface area contributed by atoms with Crippen LogP contribution in [0.5, 0.6) is 0 Å². The first-order chi connectivity index (χ1) is 12.4. The second kappa shape index (κ2) is 7.60. The third kappa shape index (κ3) is 4.14. The average molecular weight is 373 g/mol. The number of nitrogens with one attached hydrogen (secondary N) is 1. The van der Waals surface area contributed by atoms with Crippen LogP contribution in [0.15, 0.2) is 54.6 Å². The maximum Gasteiger partial charge on any atom is 0.306 e. The monoisotopic (exact) mass is 373 g/mol. The molecule has 0 radical (unpaired) electrons. The number of esters is 1. The Labute approximate surface area is 154 Å². The number of cyclic esters (lactones) is 1. The molecule has 2 aromatic carbocycles. The summed E-state index contributed by atoms with van der Waals surface area (Å²) in [5.41, 5.74) is 2.93. The van der Waals surface area contributed by atoms with Gasteiger partial charge < -0.3 is 4.74 Å². The molecule has 3 rings (SSSR count). The van der Waals surface area contributed by atoms with Crippen molar-refractivity contribution in [3.8, 4) is 11.1 Å². The molecule has 2 unspecified atom stereocenters. The van der Waals surface area contributed by atoms with Crippen LogP contribution in [-0.2, 0) is 19.6 Å². The summed E-state index contributed by atoms with van der Waals surface area (Å²) in [6, 6.07) is 17.2. The van der Waals surface area contributed by atoms with Crippen molar-refractivity contribution in [3.05, 3.63) is 60.2 Å². The van der Waals surface area contributed by atoms with Gasteiger partial charge in [0.05, 0.1) is 11.3 Å². The predicted octanol–water partition coefficient (Wildman–Crippen LogP) is 3.43. The van der Waals surface area contributed by atoms with Gasteiger partial charge in [-0.2, -0.15) is 0 Å². The first-order valence-corrected chi connectivity index (χ1v) is 10.3. The van der Waals surface area contributed by atoms with E-state index in [0.29, 0.717) is 6.42 Å². The first kappa shape index (κ1) is 18.6. The lowest BCUT2D eigenvalue weighted by Gasteiger charge is -2.32. The number of carbonyl (C=O) groups excluding carboxylic acids is 1. The van der Waals surface area contributed by atoms with Gasteiger partial charge in [-0.15, -0.1) is 0 Å². The second-order valence-electron chi connectivity index (χ2n) is 6.76. The fourth-order valence-electron chi connectivity index (χ4n) is 2.97. The fraction of sp³-hybridized carbons (Fsp3) is 0.350. The summed E-state index contributed by atoms with van der Waals surface area (Å²) < 4.78 is 32.7. The number of hydrogen-bond donors (Lipinski definition) is 1. The summed E-state index contributed by atoms with van der Waals surface area (Å²) in [7, 11) is -3.45. The number of rotatable bonds is 5. The van der Waals surface area contributed by atoms with Crippen LogP contribution in [0.3, 0.4) is 0 Å². The van der Waals surface area contributed by atoms with Crippen LogP contribution >= 0.6 is 0 Å². The van der Waals surface area contributed by atoms with E-state index in [1.807, 2.05) is 54.6 Å². The summed E-state index contributed by atoms with van der Waals surface area (Å²) in [5.74, 6) is -0.304. The second-order valence-corrected chi connectivity index (χ2v) is 9.02. The van der Waals surface area contributed by atoms with E-state index in [1.165, 1.54) is 0 Å². The van der Waals surface area contributed by atoms with Gasteiger partial charge in [-0.3, -0.25) is 4.79 Å². The van der Waals surface area contributed by atoms with E-state index < -0.39 is 27.4 Å². The molecule has 6 heteroatoms. The highest BCUT2D eigenvalue weighted by Crippen LogP contribution is 2.31. The van der Waals surface area contributed by atoms with Crippen molar-refractivity contribution in [2.24, 2.45) is 0 Å². The smallest absolute Gasteiger partial charge is 0.306 e. The normalized spacial score (nSPS) is 20.8. The number of hydrogen-bond acceptors (Lipinski definition) is 4. The van der Waals surface area contributed by atoms with Crippen LogP contribution in [0.2, 0.25) is 0 Å². The van der Waals surface area contributed by atoms with Crippen LogP contribution in [0.1, 0.15) is 38.4 Å². The Balaban J connectivity index is 1.85. The largest absolute Gasteiger partial charge is 0.456 e. The van der Waals surface area contributed by atoms with Gasteiger partial charge in [0.15, 0.2) is 0 Å². The summed E-state index contributed by atoms with van der Waals surface area (Å²) in [6.45, 7) is 3.25. The van der Waals surface area contributed by atoms with Crippen LogP contribution in [0, 0.1) is 0 Å². The van der Waals surface area contributed by atoms with Crippen LogP contribution in [0.4, 0.5) is 0 Å². The molecule has 2 aromatic rings. The van der Waals surface area contributed by atoms with Gasteiger partial charge in [0.2, 0.25) is 10.0 Å².